The second-order valence-corrected chi connectivity index (χ2v) is 10.2. The van der Waals surface area contributed by atoms with E-state index in [1.165, 1.54) is 30.7 Å². The van der Waals surface area contributed by atoms with Crippen molar-refractivity contribution >= 4 is 16.0 Å². The predicted molar refractivity (Wildman–Crippen MR) is 109 cm³/mol. The SMILES string of the molecule is CCOC(=O)c1ccc(S(=O)(=O)N2CCC(N3C[C@H](C)C[C@H](C)C3)CC2)cc1. The number of benzene rings is 1. The molecule has 0 radical (unpaired) electrons. The van der Waals surface area contributed by atoms with Gasteiger partial charge in [-0.05, 0) is 62.3 Å². The van der Waals surface area contributed by atoms with Crippen LogP contribution >= 0.6 is 0 Å². The maximum atomic E-state index is 13.0. The van der Waals surface area contributed by atoms with Crippen molar-refractivity contribution in [1.29, 1.82) is 0 Å². The van der Waals surface area contributed by atoms with Gasteiger partial charge in [0.05, 0.1) is 17.1 Å². The molecular weight excluding hydrogens is 376 g/mol. The van der Waals surface area contributed by atoms with E-state index in [4.69, 9.17) is 4.74 Å². The van der Waals surface area contributed by atoms with E-state index in [1.807, 2.05) is 0 Å². The third kappa shape index (κ3) is 4.75. The summed E-state index contributed by atoms with van der Waals surface area (Å²) >= 11 is 0. The standard InChI is InChI=1S/C21H32N2O4S/c1-4-27-21(24)18-5-7-20(8-6-18)28(25,26)23-11-9-19(10-12-23)22-14-16(2)13-17(3)15-22/h5-8,16-17,19H,4,9-15H2,1-3H3/t16-,17+. The number of esters is 1. The Morgan fingerprint density at radius 2 is 1.64 bits per heavy atom. The molecule has 2 aliphatic heterocycles. The molecule has 2 saturated heterocycles. The summed E-state index contributed by atoms with van der Waals surface area (Å²) < 4.78 is 32.5. The van der Waals surface area contributed by atoms with Crippen LogP contribution in [0.5, 0.6) is 0 Å². The van der Waals surface area contributed by atoms with E-state index in [2.05, 4.69) is 18.7 Å². The van der Waals surface area contributed by atoms with Crippen LogP contribution < -0.4 is 0 Å². The van der Waals surface area contributed by atoms with Crippen LogP contribution in [0, 0.1) is 11.8 Å². The molecule has 1 aromatic carbocycles. The quantitative estimate of drug-likeness (QED) is 0.701. The van der Waals surface area contributed by atoms with Crippen LogP contribution in [-0.4, -0.2) is 62.4 Å². The third-order valence-electron chi connectivity index (χ3n) is 5.84. The second-order valence-electron chi connectivity index (χ2n) is 8.28. The molecule has 0 bridgehead atoms. The van der Waals surface area contributed by atoms with Crippen LogP contribution in [0.3, 0.4) is 0 Å². The number of carbonyl (C=O) groups excluding carboxylic acids is 1. The monoisotopic (exact) mass is 408 g/mol. The molecule has 0 saturated carbocycles. The molecule has 28 heavy (non-hydrogen) atoms. The first-order valence-corrected chi connectivity index (χ1v) is 11.8. The van der Waals surface area contributed by atoms with Crippen LogP contribution in [-0.2, 0) is 14.8 Å². The minimum absolute atomic E-state index is 0.235. The lowest BCUT2D eigenvalue weighted by Crippen LogP contribution is -2.50. The zero-order valence-electron chi connectivity index (χ0n) is 17.1. The highest BCUT2D eigenvalue weighted by Gasteiger charge is 2.34. The molecule has 0 aromatic heterocycles. The molecule has 2 heterocycles. The average molecular weight is 409 g/mol. The number of piperidine rings is 2. The first kappa shape index (κ1) is 21.3. The van der Waals surface area contributed by atoms with Gasteiger partial charge in [-0.1, -0.05) is 13.8 Å². The van der Waals surface area contributed by atoms with Gasteiger partial charge in [-0.25, -0.2) is 13.2 Å². The van der Waals surface area contributed by atoms with Crippen molar-refractivity contribution in [1.82, 2.24) is 9.21 Å². The number of rotatable bonds is 5. The number of likely N-dealkylation sites (tertiary alicyclic amines) is 1. The largest absolute Gasteiger partial charge is 0.462 e. The molecular formula is C21H32N2O4S. The minimum Gasteiger partial charge on any atom is -0.462 e. The fourth-order valence-electron chi connectivity index (χ4n) is 4.58. The molecule has 2 aliphatic rings. The van der Waals surface area contributed by atoms with Gasteiger partial charge >= 0.3 is 5.97 Å². The number of hydrogen-bond donors (Lipinski definition) is 0. The van der Waals surface area contributed by atoms with Gasteiger partial charge < -0.3 is 4.74 Å². The van der Waals surface area contributed by atoms with Gasteiger partial charge in [0, 0.05) is 32.2 Å². The lowest BCUT2D eigenvalue weighted by molar-refractivity contribution is 0.0526. The van der Waals surface area contributed by atoms with Crippen molar-refractivity contribution < 1.29 is 17.9 Å². The Morgan fingerprint density at radius 1 is 1.07 bits per heavy atom. The molecule has 0 aliphatic carbocycles. The predicted octanol–water partition coefficient (Wildman–Crippen LogP) is 2.99. The molecule has 3 rings (SSSR count). The Balaban J connectivity index is 1.62. The third-order valence-corrected chi connectivity index (χ3v) is 7.75. The smallest absolute Gasteiger partial charge is 0.338 e. The van der Waals surface area contributed by atoms with Crippen molar-refractivity contribution in [3.63, 3.8) is 0 Å². The summed E-state index contributed by atoms with van der Waals surface area (Å²) in [6, 6.07) is 6.52. The molecule has 0 spiro atoms. The van der Waals surface area contributed by atoms with E-state index in [0.717, 1.165) is 25.9 Å². The van der Waals surface area contributed by atoms with E-state index in [0.29, 0.717) is 43.1 Å². The van der Waals surface area contributed by atoms with Crippen molar-refractivity contribution in [2.75, 3.05) is 32.8 Å². The van der Waals surface area contributed by atoms with Gasteiger partial charge in [-0.2, -0.15) is 4.31 Å². The van der Waals surface area contributed by atoms with Gasteiger partial charge in [-0.3, -0.25) is 4.90 Å². The summed E-state index contributed by atoms with van der Waals surface area (Å²) in [6.45, 7) is 9.99. The number of nitrogens with zero attached hydrogens (tertiary/aromatic N) is 2. The fraction of sp³-hybridized carbons (Fsp3) is 0.667. The lowest BCUT2D eigenvalue weighted by Gasteiger charge is -2.43. The maximum absolute atomic E-state index is 13.0. The molecule has 7 heteroatoms. The maximum Gasteiger partial charge on any atom is 0.338 e. The Bertz CT molecular complexity index is 760. The van der Waals surface area contributed by atoms with E-state index in [1.54, 1.807) is 11.2 Å². The van der Waals surface area contributed by atoms with E-state index in [9.17, 15) is 13.2 Å². The van der Waals surface area contributed by atoms with Gasteiger partial charge in [0.25, 0.3) is 0 Å². The second kappa shape index (κ2) is 8.93. The summed E-state index contributed by atoms with van der Waals surface area (Å²) in [5.41, 5.74) is 0.368. The summed E-state index contributed by atoms with van der Waals surface area (Å²) in [6.07, 6.45) is 3.03. The molecule has 6 nitrogen and oxygen atoms in total. The first-order valence-electron chi connectivity index (χ1n) is 10.3. The zero-order chi connectivity index (χ0) is 20.3. The van der Waals surface area contributed by atoms with Crippen molar-refractivity contribution in [3.8, 4) is 0 Å². The van der Waals surface area contributed by atoms with Crippen molar-refractivity contribution in [3.05, 3.63) is 29.8 Å². The Kier molecular flexibility index (Phi) is 6.78. The van der Waals surface area contributed by atoms with Gasteiger partial charge in [0.1, 0.15) is 0 Å². The van der Waals surface area contributed by atoms with Gasteiger partial charge in [-0.15, -0.1) is 0 Å². The highest BCUT2D eigenvalue weighted by Crippen LogP contribution is 2.28. The average Bonchev–Trinajstić information content (AvgIpc) is 2.67. The molecule has 0 N–H and O–H groups in total. The Morgan fingerprint density at radius 3 is 2.18 bits per heavy atom. The van der Waals surface area contributed by atoms with Crippen molar-refractivity contribution in [2.24, 2.45) is 11.8 Å². The van der Waals surface area contributed by atoms with Gasteiger partial charge in [0.2, 0.25) is 10.0 Å². The molecule has 1 aromatic rings. The van der Waals surface area contributed by atoms with E-state index < -0.39 is 16.0 Å². The van der Waals surface area contributed by atoms with Crippen LogP contribution in [0.4, 0.5) is 0 Å². The van der Waals surface area contributed by atoms with Crippen LogP contribution in [0.25, 0.3) is 0 Å². The highest BCUT2D eigenvalue weighted by atomic mass is 32.2. The number of sulfonamides is 1. The normalized spacial score (nSPS) is 25.5. The number of ether oxygens (including phenoxy) is 1. The van der Waals surface area contributed by atoms with Crippen molar-refractivity contribution in [2.45, 2.75) is 51.0 Å². The first-order chi connectivity index (χ1) is 13.3. The minimum atomic E-state index is -3.53. The van der Waals surface area contributed by atoms with E-state index >= 15 is 0 Å². The molecule has 0 amide bonds. The fourth-order valence-corrected chi connectivity index (χ4v) is 6.05. The highest BCUT2D eigenvalue weighted by molar-refractivity contribution is 7.89. The topological polar surface area (TPSA) is 66.9 Å². The molecule has 156 valence electrons. The summed E-state index contributed by atoms with van der Waals surface area (Å²) in [4.78, 5) is 14.6. The van der Waals surface area contributed by atoms with Crippen LogP contribution in [0.15, 0.2) is 29.2 Å². The number of carbonyl (C=O) groups is 1. The molecule has 2 fully saturated rings. The zero-order valence-corrected chi connectivity index (χ0v) is 18.0. The van der Waals surface area contributed by atoms with Crippen LogP contribution in [0.2, 0.25) is 0 Å². The molecule has 2 atom stereocenters. The van der Waals surface area contributed by atoms with Crippen LogP contribution in [0.1, 0.15) is 50.4 Å². The summed E-state index contributed by atoms with van der Waals surface area (Å²) in [5.74, 6) is 0.990. The van der Waals surface area contributed by atoms with E-state index in [-0.39, 0.29) is 4.90 Å². The number of hydrogen-bond acceptors (Lipinski definition) is 5. The summed E-state index contributed by atoms with van der Waals surface area (Å²) in [7, 11) is -3.53. The molecule has 0 unspecified atom stereocenters. The summed E-state index contributed by atoms with van der Waals surface area (Å²) in [5, 5.41) is 0. The lowest BCUT2D eigenvalue weighted by atomic mass is 9.89. The Labute approximate surface area is 168 Å². The Hall–Kier alpha value is -1.44. The van der Waals surface area contributed by atoms with Gasteiger partial charge in [0.15, 0.2) is 0 Å².